The predicted octanol–water partition coefficient (Wildman–Crippen LogP) is 1.79. The van der Waals surface area contributed by atoms with Crippen LogP contribution >= 0.6 is 0 Å². The summed E-state index contributed by atoms with van der Waals surface area (Å²) >= 11 is 0. The average molecular weight is 255 g/mol. The van der Waals surface area contributed by atoms with Gasteiger partial charge in [-0.1, -0.05) is 6.92 Å². The van der Waals surface area contributed by atoms with Gasteiger partial charge in [-0.3, -0.25) is 4.79 Å². The molecule has 1 aromatic rings. The Hall–Kier alpha value is -1.49. The molecule has 5 heteroatoms. The van der Waals surface area contributed by atoms with E-state index in [2.05, 4.69) is 0 Å². The topological polar surface area (TPSA) is 52.3 Å². The quantitative estimate of drug-likeness (QED) is 0.838. The normalized spacial score (nSPS) is 25.0. The van der Waals surface area contributed by atoms with E-state index in [1.807, 2.05) is 0 Å². The van der Waals surface area contributed by atoms with Gasteiger partial charge in [0.2, 0.25) is 0 Å². The van der Waals surface area contributed by atoms with Crippen LogP contribution in [0.25, 0.3) is 0 Å². The number of carbonyl (C=O) groups excluding carboxylic acids is 1. The van der Waals surface area contributed by atoms with Crippen LogP contribution in [-0.2, 0) is 16.0 Å². The molecule has 0 saturated carbocycles. The molecule has 0 bridgehead atoms. The van der Waals surface area contributed by atoms with Gasteiger partial charge in [-0.25, -0.2) is 8.78 Å². The van der Waals surface area contributed by atoms with E-state index in [1.54, 1.807) is 6.92 Å². The maximum Gasteiger partial charge on any atom is 0.309 e. The molecule has 1 aromatic carbocycles. The van der Waals surface area contributed by atoms with Gasteiger partial charge in [0.05, 0.1) is 5.92 Å². The van der Waals surface area contributed by atoms with E-state index in [0.717, 1.165) is 6.07 Å². The molecule has 0 unspecified atom stereocenters. The van der Waals surface area contributed by atoms with E-state index in [0.29, 0.717) is 12.0 Å². The summed E-state index contributed by atoms with van der Waals surface area (Å²) in [5.74, 6) is -1.69. The van der Waals surface area contributed by atoms with Crippen molar-refractivity contribution < 1.29 is 18.3 Å². The molecule has 18 heavy (non-hydrogen) atoms. The van der Waals surface area contributed by atoms with E-state index in [9.17, 15) is 13.6 Å². The number of carbonyl (C=O) groups is 1. The number of esters is 1. The molecule has 0 amide bonds. The van der Waals surface area contributed by atoms with Crippen molar-refractivity contribution >= 4 is 5.97 Å². The van der Waals surface area contributed by atoms with Crippen LogP contribution in [0.2, 0.25) is 0 Å². The monoisotopic (exact) mass is 255 g/mol. The summed E-state index contributed by atoms with van der Waals surface area (Å²) in [7, 11) is 0. The minimum atomic E-state index is -0.631. The van der Waals surface area contributed by atoms with Crippen molar-refractivity contribution in [1.82, 2.24) is 0 Å². The SMILES string of the molecule is C[C@H]1C[C@@H]([C@@H](N)Cc2cc(F)cc(F)c2)OC1=O. The average Bonchev–Trinajstić information content (AvgIpc) is 2.57. The molecule has 1 saturated heterocycles. The third-order valence-corrected chi connectivity index (χ3v) is 3.13. The third-order valence-electron chi connectivity index (χ3n) is 3.13. The van der Waals surface area contributed by atoms with Gasteiger partial charge in [-0.2, -0.15) is 0 Å². The van der Waals surface area contributed by atoms with Crippen molar-refractivity contribution in [2.45, 2.75) is 31.9 Å². The fourth-order valence-electron chi connectivity index (χ4n) is 2.15. The van der Waals surface area contributed by atoms with Crippen LogP contribution in [0.15, 0.2) is 18.2 Å². The lowest BCUT2D eigenvalue weighted by Crippen LogP contribution is -2.36. The largest absolute Gasteiger partial charge is 0.460 e. The molecule has 1 heterocycles. The number of nitrogens with two attached hydrogens (primary N) is 1. The molecular formula is C13H15F2NO2. The summed E-state index contributed by atoms with van der Waals surface area (Å²) in [6.07, 6.45) is 0.454. The van der Waals surface area contributed by atoms with Gasteiger partial charge in [0.25, 0.3) is 0 Å². The molecular weight excluding hydrogens is 240 g/mol. The summed E-state index contributed by atoms with van der Waals surface area (Å²) in [6, 6.07) is 2.85. The molecule has 0 radical (unpaired) electrons. The van der Waals surface area contributed by atoms with E-state index in [4.69, 9.17) is 10.5 Å². The number of ether oxygens (including phenoxy) is 1. The Bertz CT molecular complexity index is 444. The van der Waals surface area contributed by atoms with Crippen LogP contribution in [0, 0.1) is 17.6 Å². The Kier molecular flexibility index (Phi) is 3.61. The molecule has 1 aliphatic rings. The number of hydrogen-bond acceptors (Lipinski definition) is 3. The zero-order valence-corrected chi connectivity index (χ0v) is 10.0. The lowest BCUT2D eigenvalue weighted by Gasteiger charge is -2.18. The van der Waals surface area contributed by atoms with Gasteiger partial charge in [0.15, 0.2) is 0 Å². The van der Waals surface area contributed by atoms with Crippen molar-refractivity contribution in [2.75, 3.05) is 0 Å². The van der Waals surface area contributed by atoms with Gasteiger partial charge in [-0.15, -0.1) is 0 Å². The Balaban J connectivity index is 2.03. The highest BCUT2D eigenvalue weighted by molar-refractivity contribution is 5.74. The molecule has 1 aliphatic heterocycles. The fourth-order valence-corrected chi connectivity index (χ4v) is 2.15. The summed E-state index contributed by atoms with van der Waals surface area (Å²) in [6.45, 7) is 1.77. The first-order chi connectivity index (χ1) is 8.45. The fraction of sp³-hybridized carbons (Fsp3) is 0.462. The van der Waals surface area contributed by atoms with Crippen LogP contribution in [-0.4, -0.2) is 18.1 Å². The maximum atomic E-state index is 13.0. The van der Waals surface area contributed by atoms with Gasteiger partial charge in [0, 0.05) is 12.1 Å². The lowest BCUT2D eigenvalue weighted by molar-refractivity contribution is -0.144. The molecule has 1 fully saturated rings. The first-order valence-electron chi connectivity index (χ1n) is 5.86. The zero-order chi connectivity index (χ0) is 13.3. The van der Waals surface area contributed by atoms with Crippen molar-refractivity contribution in [3.8, 4) is 0 Å². The van der Waals surface area contributed by atoms with Gasteiger partial charge >= 0.3 is 5.97 Å². The molecule has 2 rings (SSSR count). The third kappa shape index (κ3) is 2.85. The number of cyclic esters (lactones) is 1. The van der Waals surface area contributed by atoms with Gasteiger partial charge in [0.1, 0.15) is 17.7 Å². The first kappa shape index (κ1) is 13.0. The molecule has 3 atom stereocenters. The lowest BCUT2D eigenvalue weighted by atomic mass is 9.97. The molecule has 2 N–H and O–H groups in total. The van der Waals surface area contributed by atoms with Crippen LogP contribution < -0.4 is 5.73 Å². The van der Waals surface area contributed by atoms with Gasteiger partial charge in [-0.05, 0) is 30.5 Å². The smallest absolute Gasteiger partial charge is 0.309 e. The molecule has 0 aromatic heterocycles. The van der Waals surface area contributed by atoms with E-state index >= 15 is 0 Å². The second-order valence-corrected chi connectivity index (χ2v) is 4.76. The Morgan fingerprint density at radius 1 is 1.39 bits per heavy atom. The second-order valence-electron chi connectivity index (χ2n) is 4.76. The summed E-state index contributed by atoms with van der Waals surface area (Å²) in [5.41, 5.74) is 6.38. The second kappa shape index (κ2) is 5.02. The Labute approximate surface area is 104 Å². The van der Waals surface area contributed by atoms with Crippen molar-refractivity contribution in [2.24, 2.45) is 11.7 Å². The number of halogens is 2. The maximum absolute atomic E-state index is 13.0. The number of rotatable bonds is 3. The molecule has 3 nitrogen and oxygen atoms in total. The highest BCUT2D eigenvalue weighted by Gasteiger charge is 2.34. The number of benzene rings is 1. The van der Waals surface area contributed by atoms with Crippen LogP contribution in [0.4, 0.5) is 8.78 Å². The minimum absolute atomic E-state index is 0.162. The predicted molar refractivity (Wildman–Crippen MR) is 61.7 cm³/mol. The first-order valence-corrected chi connectivity index (χ1v) is 5.86. The highest BCUT2D eigenvalue weighted by atomic mass is 19.1. The molecule has 98 valence electrons. The Morgan fingerprint density at radius 2 is 2.00 bits per heavy atom. The van der Waals surface area contributed by atoms with E-state index < -0.39 is 17.7 Å². The van der Waals surface area contributed by atoms with Crippen LogP contribution in [0.5, 0.6) is 0 Å². The summed E-state index contributed by atoms with van der Waals surface area (Å²) < 4.78 is 31.1. The van der Waals surface area contributed by atoms with E-state index in [-0.39, 0.29) is 24.4 Å². The van der Waals surface area contributed by atoms with Crippen LogP contribution in [0.1, 0.15) is 18.9 Å². The Morgan fingerprint density at radius 3 is 2.50 bits per heavy atom. The van der Waals surface area contributed by atoms with Gasteiger partial charge < -0.3 is 10.5 Å². The van der Waals surface area contributed by atoms with Crippen molar-refractivity contribution in [3.63, 3.8) is 0 Å². The zero-order valence-electron chi connectivity index (χ0n) is 10.0. The summed E-state index contributed by atoms with van der Waals surface area (Å²) in [4.78, 5) is 11.3. The molecule has 0 spiro atoms. The molecule has 0 aliphatic carbocycles. The standard InChI is InChI=1S/C13H15F2NO2/c1-7-2-12(18-13(7)17)11(16)5-8-3-9(14)6-10(15)4-8/h3-4,6-7,11-12H,2,5,16H2,1H3/t7-,11-,12-/m0/s1. The summed E-state index contributed by atoms with van der Waals surface area (Å²) in [5, 5.41) is 0. The minimum Gasteiger partial charge on any atom is -0.460 e. The van der Waals surface area contributed by atoms with Crippen molar-refractivity contribution in [1.29, 1.82) is 0 Å². The highest BCUT2D eigenvalue weighted by Crippen LogP contribution is 2.23. The van der Waals surface area contributed by atoms with E-state index in [1.165, 1.54) is 12.1 Å². The van der Waals surface area contributed by atoms with Crippen LogP contribution in [0.3, 0.4) is 0 Å². The van der Waals surface area contributed by atoms with Crippen molar-refractivity contribution in [3.05, 3.63) is 35.4 Å². The number of hydrogen-bond donors (Lipinski definition) is 1.